The Bertz CT molecular complexity index is 876. The van der Waals surface area contributed by atoms with E-state index in [9.17, 15) is 18.3 Å². The molecule has 4 rings (SSSR count). The number of alkyl halides is 3. The van der Waals surface area contributed by atoms with Crippen LogP contribution in [0.2, 0.25) is 0 Å². The van der Waals surface area contributed by atoms with Gasteiger partial charge in [-0.25, -0.2) is 0 Å². The fourth-order valence-corrected chi connectivity index (χ4v) is 4.31. The summed E-state index contributed by atoms with van der Waals surface area (Å²) in [7, 11) is 0. The van der Waals surface area contributed by atoms with Crippen LogP contribution in [0.4, 0.5) is 13.2 Å². The van der Waals surface area contributed by atoms with Crippen LogP contribution >= 0.6 is 0 Å². The van der Waals surface area contributed by atoms with Crippen molar-refractivity contribution in [1.29, 1.82) is 0 Å². The van der Waals surface area contributed by atoms with Crippen molar-refractivity contribution >= 4 is 0 Å². The number of hydrogen-bond donors (Lipinski definition) is 1. The molecule has 0 bridgehead atoms. The highest BCUT2D eigenvalue weighted by Crippen LogP contribution is 2.37. The van der Waals surface area contributed by atoms with E-state index in [2.05, 4.69) is 4.90 Å². The second-order valence-electron chi connectivity index (χ2n) is 8.29. The topological polar surface area (TPSA) is 41.9 Å². The number of aliphatic hydroxyl groups is 1. The van der Waals surface area contributed by atoms with Crippen LogP contribution in [0, 0.1) is 5.41 Å². The highest BCUT2D eigenvalue weighted by atomic mass is 19.4. The van der Waals surface area contributed by atoms with Crippen LogP contribution in [0.15, 0.2) is 42.5 Å². The van der Waals surface area contributed by atoms with Gasteiger partial charge in [-0.05, 0) is 67.1 Å². The Kier molecular flexibility index (Phi) is 5.93. The molecular weight excluding hydrogens is 395 g/mol. The third-order valence-corrected chi connectivity index (χ3v) is 6.10. The van der Waals surface area contributed by atoms with E-state index in [1.54, 1.807) is 6.07 Å². The quantitative estimate of drug-likeness (QED) is 0.782. The van der Waals surface area contributed by atoms with Gasteiger partial charge in [0.2, 0.25) is 0 Å². The van der Waals surface area contributed by atoms with Gasteiger partial charge in [0.25, 0.3) is 0 Å². The summed E-state index contributed by atoms with van der Waals surface area (Å²) in [6.07, 6.45) is -2.42. The van der Waals surface area contributed by atoms with Gasteiger partial charge in [-0.1, -0.05) is 24.3 Å². The predicted molar refractivity (Wildman–Crippen MR) is 107 cm³/mol. The lowest BCUT2D eigenvalue weighted by Crippen LogP contribution is -2.42. The summed E-state index contributed by atoms with van der Waals surface area (Å²) in [6.45, 7) is 3.42. The summed E-state index contributed by atoms with van der Waals surface area (Å²) in [4.78, 5) is 2.31. The fraction of sp³-hybridized carbons (Fsp3) is 0.478. The normalized spacial score (nSPS) is 18.9. The van der Waals surface area contributed by atoms with Gasteiger partial charge in [0.15, 0.2) is 11.5 Å². The first kappa shape index (κ1) is 21.0. The molecule has 30 heavy (non-hydrogen) atoms. The zero-order valence-corrected chi connectivity index (χ0v) is 16.8. The first-order valence-corrected chi connectivity index (χ1v) is 10.2. The van der Waals surface area contributed by atoms with Crippen LogP contribution < -0.4 is 9.47 Å². The number of ether oxygens (including phenoxy) is 2. The number of halogens is 3. The molecule has 1 N–H and O–H groups in total. The Labute approximate surface area is 174 Å². The molecule has 0 unspecified atom stereocenters. The zero-order chi connectivity index (χ0) is 21.2. The van der Waals surface area contributed by atoms with E-state index >= 15 is 0 Å². The first-order valence-electron chi connectivity index (χ1n) is 10.2. The van der Waals surface area contributed by atoms with Crippen molar-refractivity contribution in [3.05, 3.63) is 59.2 Å². The zero-order valence-electron chi connectivity index (χ0n) is 16.8. The fourth-order valence-electron chi connectivity index (χ4n) is 4.31. The van der Waals surface area contributed by atoms with Gasteiger partial charge >= 0.3 is 6.18 Å². The van der Waals surface area contributed by atoms with Gasteiger partial charge < -0.3 is 14.6 Å². The SMILES string of the molecule is OCC1(Cc2cccc(C(F)(F)F)c2)CCN(Cc2ccc3c(c2)OCCO3)CC1. The van der Waals surface area contributed by atoms with Crippen LogP contribution in [0.5, 0.6) is 11.5 Å². The van der Waals surface area contributed by atoms with Gasteiger partial charge in [-0.15, -0.1) is 0 Å². The third-order valence-electron chi connectivity index (χ3n) is 6.10. The van der Waals surface area contributed by atoms with Crippen molar-refractivity contribution < 1.29 is 27.8 Å². The molecule has 2 aliphatic rings. The van der Waals surface area contributed by atoms with Crippen molar-refractivity contribution in [2.75, 3.05) is 32.9 Å². The van der Waals surface area contributed by atoms with E-state index < -0.39 is 11.7 Å². The van der Waals surface area contributed by atoms with Crippen LogP contribution in [0.25, 0.3) is 0 Å². The number of likely N-dealkylation sites (tertiary alicyclic amines) is 1. The van der Waals surface area contributed by atoms with Crippen LogP contribution in [0.1, 0.15) is 29.5 Å². The van der Waals surface area contributed by atoms with Crippen molar-refractivity contribution in [3.8, 4) is 11.5 Å². The van der Waals surface area contributed by atoms with Crippen molar-refractivity contribution in [1.82, 2.24) is 4.90 Å². The maximum absolute atomic E-state index is 13.0. The minimum absolute atomic E-state index is 0.0267. The number of hydrogen-bond acceptors (Lipinski definition) is 4. The lowest BCUT2D eigenvalue weighted by Gasteiger charge is -2.41. The summed E-state index contributed by atoms with van der Waals surface area (Å²) in [5, 5.41) is 10.1. The molecule has 0 atom stereocenters. The van der Waals surface area contributed by atoms with E-state index in [4.69, 9.17) is 9.47 Å². The predicted octanol–water partition coefficient (Wildman–Crippen LogP) is 4.29. The van der Waals surface area contributed by atoms with Gasteiger partial charge in [0, 0.05) is 13.2 Å². The molecule has 0 saturated carbocycles. The standard InChI is InChI=1S/C23H26F3NO3/c24-23(25,26)19-3-1-2-17(12-19)14-22(16-28)6-8-27(9-7-22)15-18-4-5-20-21(13-18)30-11-10-29-20/h1-5,12-13,28H,6-11,14-16H2. The average Bonchev–Trinajstić information content (AvgIpc) is 2.75. The van der Waals surface area contributed by atoms with Crippen molar-refractivity contribution in [2.24, 2.45) is 5.41 Å². The summed E-state index contributed by atoms with van der Waals surface area (Å²) in [5.41, 5.74) is 0.741. The van der Waals surface area contributed by atoms with E-state index in [0.29, 0.717) is 25.2 Å². The Morgan fingerprint density at radius 2 is 1.67 bits per heavy atom. The lowest BCUT2D eigenvalue weighted by atomic mass is 9.74. The van der Waals surface area contributed by atoms with E-state index in [-0.39, 0.29) is 12.0 Å². The molecule has 0 aromatic heterocycles. The highest BCUT2D eigenvalue weighted by molar-refractivity contribution is 5.43. The molecule has 0 amide bonds. The number of fused-ring (bicyclic) bond motifs is 1. The van der Waals surface area contributed by atoms with Crippen LogP contribution in [-0.4, -0.2) is 42.9 Å². The van der Waals surface area contributed by atoms with Crippen LogP contribution in [-0.2, 0) is 19.1 Å². The average molecular weight is 421 g/mol. The maximum atomic E-state index is 13.0. The Balaban J connectivity index is 1.38. The number of benzene rings is 2. The highest BCUT2D eigenvalue weighted by Gasteiger charge is 2.35. The largest absolute Gasteiger partial charge is 0.486 e. The maximum Gasteiger partial charge on any atom is 0.416 e. The van der Waals surface area contributed by atoms with Gasteiger partial charge in [0.05, 0.1) is 5.56 Å². The minimum atomic E-state index is -4.35. The summed E-state index contributed by atoms with van der Waals surface area (Å²) in [6, 6.07) is 11.4. The van der Waals surface area contributed by atoms with Crippen molar-refractivity contribution in [3.63, 3.8) is 0 Å². The molecule has 162 valence electrons. The van der Waals surface area contributed by atoms with Gasteiger partial charge in [-0.3, -0.25) is 4.90 Å². The summed E-state index contributed by atoms with van der Waals surface area (Å²) in [5.74, 6) is 1.54. The minimum Gasteiger partial charge on any atom is -0.486 e. The molecule has 2 aliphatic heterocycles. The van der Waals surface area contributed by atoms with Crippen molar-refractivity contribution in [2.45, 2.75) is 32.0 Å². The molecule has 4 nitrogen and oxygen atoms in total. The Morgan fingerprint density at radius 1 is 0.933 bits per heavy atom. The van der Waals surface area contributed by atoms with Gasteiger partial charge in [0.1, 0.15) is 13.2 Å². The molecule has 0 radical (unpaired) electrons. The molecule has 2 aromatic carbocycles. The monoisotopic (exact) mass is 421 g/mol. The third kappa shape index (κ3) is 4.73. The number of rotatable bonds is 5. The molecule has 2 aromatic rings. The van der Waals surface area contributed by atoms with Crippen LogP contribution in [0.3, 0.4) is 0 Å². The van der Waals surface area contributed by atoms with Gasteiger partial charge in [-0.2, -0.15) is 13.2 Å². The Hall–Kier alpha value is -2.25. The van der Waals surface area contributed by atoms with E-state index in [0.717, 1.165) is 55.6 Å². The molecule has 0 aliphatic carbocycles. The second-order valence-corrected chi connectivity index (χ2v) is 8.29. The molecular formula is C23H26F3NO3. The number of piperidine rings is 1. The molecule has 7 heteroatoms. The molecule has 1 fully saturated rings. The number of aliphatic hydroxyl groups excluding tert-OH is 1. The first-order chi connectivity index (χ1) is 14.4. The van der Waals surface area contributed by atoms with E-state index in [1.807, 2.05) is 18.2 Å². The second kappa shape index (κ2) is 8.47. The lowest BCUT2D eigenvalue weighted by molar-refractivity contribution is -0.137. The molecule has 1 saturated heterocycles. The Morgan fingerprint density at radius 3 is 2.37 bits per heavy atom. The molecule has 2 heterocycles. The molecule has 0 spiro atoms. The smallest absolute Gasteiger partial charge is 0.416 e. The summed E-state index contributed by atoms with van der Waals surface area (Å²) >= 11 is 0. The number of nitrogens with zero attached hydrogens (tertiary/aromatic N) is 1. The summed E-state index contributed by atoms with van der Waals surface area (Å²) < 4.78 is 50.3. The van der Waals surface area contributed by atoms with E-state index in [1.165, 1.54) is 12.1 Å².